The van der Waals surface area contributed by atoms with E-state index >= 15 is 0 Å². The molecule has 2 N–H and O–H groups in total. The Morgan fingerprint density at radius 1 is 0.895 bits per heavy atom. The summed E-state index contributed by atoms with van der Waals surface area (Å²) in [5.74, 6) is -1.63. The Labute approximate surface area is 218 Å². The molecule has 0 bridgehead atoms. The lowest BCUT2D eigenvalue weighted by Crippen LogP contribution is -2.47. The van der Waals surface area contributed by atoms with Crippen LogP contribution in [0.15, 0.2) is 72.8 Å². The molecule has 0 fully saturated rings. The molecule has 4 rings (SSSR count). The number of amides is 4. The molecule has 10 nitrogen and oxygen atoms in total. The second kappa shape index (κ2) is 11.4. The fraction of sp³-hybridized carbons (Fsp3) is 0.179. The number of carbonyl (C=O) groups is 5. The molecule has 0 radical (unpaired) electrons. The van der Waals surface area contributed by atoms with E-state index in [4.69, 9.17) is 9.47 Å². The Morgan fingerprint density at radius 3 is 2.18 bits per heavy atom. The fourth-order valence-corrected chi connectivity index (χ4v) is 3.89. The van der Waals surface area contributed by atoms with Gasteiger partial charge in [-0.1, -0.05) is 24.3 Å². The molecule has 194 valence electrons. The molecule has 1 aliphatic rings. The normalized spacial score (nSPS) is 12.9. The van der Waals surface area contributed by atoms with Gasteiger partial charge in [0.1, 0.15) is 11.8 Å². The Morgan fingerprint density at radius 2 is 1.55 bits per heavy atom. The summed E-state index contributed by atoms with van der Waals surface area (Å²) < 4.78 is 9.69. The molecule has 10 heteroatoms. The molecule has 4 amide bonds. The van der Waals surface area contributed by atoms with Crippen molar-refractivity contribution in [2.75, 3.05) is 11.9 Å². The van der Waals surface area contributed by atoms with Crippen LogP contribution >= 0.6 is 0 Å². The third kappa shape index (κ3) is 5.70. The van der Waals surface area contributed by atoms with Crippen molar-refractivity contribution in [1.29, 1.82) is 0 Å². The van der Waals surface area contributed by atoms with Crippen LogP contribution < -0.4 is 15.4 Å². The third-order valence-corrected chi connectivity index (χ3v) is 5.82. The van der Waals surface area contributed by atoms with Gasteiger partial charge >= 0.3 is 6.16 Å². The summed E-state index contributed by atoms with van der Waals surface area (Å²) in [6, 6.07) is 18.3. The standard InChI is InChI=1S/C28H25N3O7/c1-3-37-28(36)38-21-13-11-19(12-14-21)25(33)30-20-8-6-7-18(15-20)16-29-24(32)17(2)31-26(34)22-9-4-5-10-23(22)27(31)35/h4-15,17H,3,16H2,1-2H3,(H,29,32)(H,30,33). The van der Waals surface area contributed by atoms with E-state index in [1.807, 2.05) is 0 Å². The lowest BCUT2D eigenvalue weighted by atomic mass is 10.1. The number of anilines is 1. The highest BCUT2D eigenvalue weighted by molar-refractivity contribution is 6.22. The zero-order valence-electron chi connectivity index (χ0n) is 20.7. The van der Waals surface area contributed by atoms with E-state index in [1.165, 1.54) is 31.2 Å². The molecule has 0 spiro atoms. The maximum Gasteiger partial charge on any atom is 0.513 e. The lowest BCUT2D eigenvalue weighted by molar-refractivity contribution is -0.124. The topological polar surface area (TPSA) is 131 Å². The summed E-state index contributed by atoms with van der Waals surface area (Å²) in [5.41, 5.74) is 2.10. The number of fused-ring (bicyclic) bond motifs is 1. The Hall–Kier alpha value is -4.99. The number of nitrogens with one attached hydrogen (secondary N) is 2. The average Bonchev–Trinajstić information content (AvgIpc) is 3.17. The summed E-state index contributed by atoms with van der Waals surface area (Å²) in [6.45, 7) is 3.47. The third-order valence-electron chi connectivity index (χ3n) is 5.82. The minimum atomic E-state index is -0.999. The number of benzene rings is 3. The van der Waals surface area contributed by atoms with Gasteiger partial charge < -0.3 is 20.1 Å². The Kier molecular flexibility index (Phi) is 7.81. The molecule has 0 saturated heterocycles. The zero-order valence-corrected chi connectivity index (χ0v) is 20.7. The van der Waals surface area contributed by atoms with Gasteiger partial charge in [0.2, 0.25) is 5.91 Å². The van der Waals surface area contributed by atoms with Crippen LogP contribution in [0.5, 0.6) is 5.75 Å². The smallest absolute Gasteiger partial charge is 0.434 e. The number of nitrogens with zero attached hydrogens (tertiary/aromatic N) is 1. The molecule has 0 aromatic heterocycles. The van der Waals surface area contributed by atoms with Gasteiger partial charge in [-0.05, 0) is 67.9 Å². The molecule has 3 aromatic carbocycles. The van der Waals surface area contributed by atoms with Crippen molar-refractivity contribution in [3.8, 4) is 5.75 Å². The van der Waals surface area contributed by atoms with E-state index in [1.54, 1.807) is 55.5 Å². The predicted molar refractivity (Wildman–Crippen MR) is 137 cm³/mol. The summed E-state index contributed by atoms with van der Waals surface area (Å²) in [6.07, 6.45) is -0.827. The van der Waals surface area contributed by atoms with Gasteiger partial charge in [-0.25, -0.2) is 4.79 Å². The Balaban J connectivity index is 1.33. The number of hydrogen-bond acceptors (Lipinski definition) is 7. The van der Waals surface area contributed by atoms with Crippen molar-refractivity contribution in [1.82, 2.24) is 10.2 Å². The van der Waals surface area contributed by atoms with Crippen LogP contribution in [0, 0.1) is 0 Å². The SMILES string of the molecule is CCOC(=O)Oc1ccc(C(=O)Nc2cccc(CNC(=O)C(C)N3C(=O)c4ccccc4C3=O)c2)cc1. The molecule has 38 heavy (non-hydrogen) atoms. The molecule has 0 saturated carbocycles. The van der Waals surface area contributed by atoms with Crippen LogP contribution in [0.25, 0.3) is 0 Å². The quantitative estimate of drug-likeness (QED) is 0.265. The van der Waals surface area contributed by atoms with Crippen molar-refractivity contribution < 1.29 is 33.4 Å². The second-order valence-corrected chi connectivity index (χ2v) is 8.38. The van der Waals surface area contributed by atoms with E-state index in [9.17, 15) is 24.0 Å². The fourth-order valence-electron chi connectivity index (χ4n) is 3.89. The van der Waals surface area contributed by atoms with Crippen molar-refractivity contribution in [2.45, 2.75) is 26.4 Å². The van der Waals surface area contributed by atoms with E-state index in [-0.39, 0.29) is 35.9 Å². The van der Waals surface area contributed by atoms with Crippen molar-refractivity contribution >= 4 is 35.5 Å². The van der Waals surface area contributed by atoms with Crippen LogP contribution in [0.1, 0.15) is 50.5 Å². The summed E-state index contributed by atoms with van der Waals surface area (Å²) in [7, 11) is 0. The average molecular weight is 516 g/mol. The molecular formula is C28H25N3O7. The number of ether oxygens (including phenoxy) is 2. The van der Waals surface area contributed by atoms with E-state index in [0.29, 0.717) is 16.8 Å². The van der Waals surface area contributed by atoms with Crippen molar-refractivity contribution in [2.24, 2.45) is 0 Å². The van der Waals surface area contributed by atoms with Gasteiger partial charge in [-0.3, -0.25) is 24.1 Å². The van der Waals surface area contributed by atoms with Crippen molar-refractivity contribution in [3.05, 3.63) is 95.1 Å². The first-order chi connectivity index (χ1) is 18.3. The van der Waals surface area contributed by atoms with Gasteiger partial charge in [0, 0.05) is 17.8 Å². The van der Waals surface area contributed by atoms with Gasteiger partial charge in [0.25, 0.3) is 17.7 Å². The van der Waals surface area contributed by atoms with Gasteiger partial charge in [-0.2, -0.15) is 0 Å². The zero-order chi connectivity index (χ0) is 27.2. The molecule has 3 aromatic rings. The number of rotatable bonds is 8. The largest absolute Gasteiger partial charge is 0.513 e. The highest BCUT2D eigenvalue weighted by atomic mass is 16.7. The highest BCUT2D eigenvalue weighted by Gasteiger charge is 2.40. The predicted octanol–water partition coefficient (Wildman–Crippen LogP) is 3.78. The van der Waals surface area contributed by atoms with Crippen LogP contribution in [0.4, 0.5) is 10.5 Å². The van der Waals surface area contributed by atoms with Gasteiger partial charge in [-0.15, -0.1) is 0 Å². The number of imide groups is 1. The highest BCUT2D eigenvalue weighted by Crippen LogP contribution is 2.24. The summed E-state index contributed by atoms with van der Waals surface area (Å²) in [5, 5.41) is 5.51. The molecule has 1 atom stereocenters. The maximum atomic E-state index is 12.8. The number of carbonyl (C=O) groups excluding carboxylic acids is 5. The Bertz CT molecular complexity index is 1370. The lowest BCUT2D eigenvalue weighted by Gasteiger charge is -2.21. The number of hydrogen-bond donors (Lipinski definition) is 2. The first-order valence-electron chi connectivity index (χ1n) is 11.9. The second-order valence-electron chi connectivity index (χ2n) is 8.38. The van der Waals surface area contributed by atoms with E-state index in [0.717, 1.165) is 4.90 Å². The van der Waals surface area contributed by atoms with Gasteiger partial charge in [0.05, 0.1) is 17.7 Å². The minimum Gasteiger partial charge on any atom is -0.434 e. The van der Waals surface area contributed by atoms with Crippen LogP contribution in [0.2, 0.25) is 0 Å². The maximum absolute atomic E-state index is 12.8. The van der Waals surface area contributed by atoms with Crippen LogP contribution in [-0.4, -0.2) is 47.3 Å². The minimum absolute atomic E-state index is 0.121. The van der Waals surface area contributed by atoms with E-state index in [2.05, 4.69) is 10.6 Å². The molecule has 1 heterocycles. The van der Waals surface area contributed by atoms with Crippen molar-refractivity contribution in [3.63, 3.8) is 0 Å². The molecule has 1 aliphatic heterocycles. The first kappa shape index (κ1) is 26.1. The van der Waals surface area contributed by atoms with Gasteiger partial charge in [0.15, 0.2) is 0 Å². The van der Waals surface area contributed by atoms with Crippen LogP contribution in [0.3, 0.4) is 0 Å². The first-order valence-corrected chi connectivity index (χ1v) is 11.9. The summed E-state index contributed by atoms with van der Waals surface area (Å²) >= 11 is 0. The molecule has 1 unspecified atom stereocenters. The van der Waals surface area contributed by atoms with E-state index < -0.39 is 29.9 Å². The molecule has 0 aliphatic carbocycles. The molecular weight excluding hydrogens is 490 g/mol. The van der Waals surface area contributed by atoms with Crippen LogP contribution in [-0.2, 0) is 16.1 Å². The monoisotopic (exact) mass is 515 g/mol. The summed E-state index contributed by atoms with van der Waals surface area (Å²) in [4.78, 5) is 63.0.